The number of nitrogens with zero attached hydrogens (tertiary/aromatic N) is 2. The molecule has 0 aliphatic carbocycles. The summed E-state index contributed by atoms with van der Waals surface area (Å²) in [5.41, 5.74) is 0.157. The van der Waals surface area contributed by atoms with Gasteiger partial charge < -0.3 is 10.2 Å². The summed E-state index contributed by atoms with van der Waals surface area (Å²) in [5.74, 6) is -1.99. The number of halogens is 2. The predicted octanol–water partition coefficient (Wildman–Crippen LogP) is 0.207. The summed E-state index contributed by atoms with van der Waals surface area (Å²) in [6, 6.07) is 2.64. The maximum absolute atomic E-state index is 13.7. The molecule has 0 spiro atoms. The van der Waals surface area contributed by atoms with Gasteiger partial charge in [-0.15, -0.1) is 0 Å². The Bertz CT molecular complexity index is 689. The van der Waals surface area contributed by atoms with Gasteiger partial charge >= 0.3 is 6.03 Å². The van der Waals surface area contributed by atoms with Crippen molar-refractivity contribution in [3.8, 4) is 0 Å². The summed E-state index contributed by atoms with van der Waals surface area (Å²) in [6.07, 6.45) is -0.345. The van der Waals surface area contributed by atoms with Gasteiger partial charge in [0.15, 0.2) is 0 Å². The number of benzene rings is 1. The standard InChI is InChI=1S/C16H18F2N4O3/c17-11-2-1-10(12(18)8-11)7-15(24)22-5-3-21(4-6-22)13-9-14(23)20-16(25)19-13/h1-2,8,13H,3-7,9H2,(H2,19,20,23,25). The average Bonchev–Trinajstić information content (AvgIpc) is 2.56. The highest BCUT2D eigenvalue weighted by Gasteiger charge is 2.31. The van der Waals surface area contributed by atoms with E-state index < -0.39 is 17.7 Å². The van der Waals surface area contributed by atoms with Crippen LogP contribution in [-0.2, 0) is 16.0 Å². The van der Waals surface area contributed by atoms with Crippen molar-refractivity contribution in [3.05, 3.63) is 35.4 Å². The molecule has 2 N–H and O–H groups in total. The monoisotopic (exact) mass is 352 g/mol. The van der Waals surface area contributed by atoms with Crippen molar-refractivity contribution in [1.82, 2.24) is 20.4 Å². The zero-order chi connectivity index (χ0) is 18.0. The molecule has 25 heavy (non-hydrogen) atoms. The number of rotatable bonds is 3. The first-order chi connectivity index (χ1) is 11.9. The molecule has 134 valence electrons. The minimum absolute atomic E-state index is 0.130. The SMILES string of the molecule is O=C1CC(N2CCN(C(=O)Cc3ccc(F)cc3F)CC2)NC(=O)N1. The molecule has 1 atom stereocenters. The molecule has 2 fully saturated rings. The molecular weight excluding hydrogens is 334 g/mol. The van der Waals surface area contributed by atoms with E-state index in [1.54, 1.807) is 4.90 Å². The first kappa shape index (κ1) is 17.3. The van der Waals surface area contributed by atoms with Gasteiger partial charge in [-0.25, -0.2) is 13.6 Å². The van der Waals surface area contributed by atoms with Crippen molar-refractivity contribution in [1.29, 1.82) is 0 Å². The lowest BCUT2D eigenvalue weighted by atomic mass is 10.1. The molecule has 1 aromatic carbocycles. The lowest BCUT2D eigenvalue weighted by Gasteiger charge is -2.40. The third-order valence-electron chi connectivity index (χ3n) is 4.39. The number of imide groups is 1. The number of hydrogen-bond donors (Lipinski definition) is 2. The van der Waals surface area contributed by atoms with Gasteiger partial charge in [0.1, 0.15) is 11.6 Å². The van der Waals surface area contributed by atoms with E-state index in [2.05, 4.69) is 10.6 Å². The summed E-state index contributed by atoms with van der Waals surface area (Å²) in [6.45, 7) is 1.82. The van der Waals surface area contributed by atoms with Crippen LogP contribution in [0, 0.1) is 11.6 Å². The van der Waals surface area contributed by atoms with Crippen LogP contribution in [0.3, 0.4) is 0 Å². The second-order valence-corrected chi connectivity index (χ2v) is 6.07. The number of nitrogens with one attached hydrogen (secondary N) is 2. The third kappa shape index (κ3) is 4.11. The Hall–Kier alpha value is -2.55. The first-order valence-corrected chi connectivity index (χ1v) is 7.98. The molecule has 4 amide bonds. The van der Waals surface area contributed by atoms with Crippen molar-refractivity contribution in [3.63, 3.8) is 0 Å². The van der Waals surface area contributed by atoms with Crippen molar-refractivity contribution < 1.29 is 23.2 Å². The maximum atomic E-state index is 13.7. The van der Waals surface area contributed by atoms with E-state index in [-0.39, 0.29) is 36.4 Å². The van der Waals surface area contributed by atoms with Gasteiger partial charge in [-0.3, -0.25) is 19.8 Å². The number of piperazine rings is 1. The lowest BCUT2D eigenvalue weighted by Crippen LogP contribution is -2.62. The number of carbonyl (C=O) groups is 3. The van der Waals surface area contributed by atoms with Crippen LogP contribution in [0.4, 0.5) is 13.6 Å². The fourth-order valence-electron chi connectivity index (χ4n) is 3.03. The Balaban J connectivity index is 1.54. The topological polar surface area (TPSA) is 81.8 Å². The molecule has 0 bridgehead atoms. The molecule has 0 radical (unpaired) electrons. The highest BCUT2D eigenvalue weighted by Crippen LogP contribution is 2.14. The van der Waals surface area contributed by atoms with Gasteiger partial charge in [-0.2, -0.15) is 0 Å². The number of amides is 4. The number of urea groups is 1. The Morgan fingerprint density at radius 2 is 1.88 bits per heavy atom. The summed E-state index contributed by atoms with van der Waals surface area (Å²) in [7, 11) is 0. The molecule has 2 aliphatic heterocycles. The fourth-order valence-corrected chi connectivity index (χ4v) is 3.03. The summed E-state index contributed by atoms with van der Waals surface area (Å²) in [5, 5.41) is 4.85. The second-order valence-electron chi connectivity index (χ2n) is 6.07. The van der Waals surface area contributed by atoms with Gasteiger partial charge in [-0.1, -0.05) is 6.07 Å². The van der Waals surface area contributed by atoms with E-state index in [0.717, 1.165) is 12.1 Å². The molecule has 2 saturated heterocycles. The smallest absolute Gasteiger partial charge is 0.322 e. The van der Waals surface area contributed by atoms with E-state index >= 15 is 0 Å². The fraction of sp³-hybridized carbons (Fsp3) is 0.438. The zero-order valence-electron chi connectivity index (χ0n) is 13.4. The van der Waals surface area contributed by atoms with Crippen LogP contribution in [0.2, 0.25) is 0 Å². The van der Waals surface area contributed by atoms with Crippen molar-refractivity contribution in [2.24, 2.45) is 0 Å². The van der Waals surface area contributed by atoms with Gasteiger partial charge in [0, 0.05) is 32.2 Å². The molecule has 0 aromatic heterocycles. The summed E-state index contributed by atoms with van der Waals surface area (Å²) >= 11 is 0. The minimum atomic E-state index is -0.733. The largest absolute Gasteiger partial charge is 0.340 e. The van der Waals surface area contributed by atoms with Crippen LogP contribution in [0.15, 0.2) is 18.2 Å². The van der Waals surface area contributed by atoms with Crippen LogP contribution >= 0.6 is 0 Å². The Kier molecular flexibility index (Phi) is 4.93. The van der Waals surface area contributed by atoms with Crippen LogP contribution in [0.5, 0.6) is 0 Å². The van der Waals surface area contributed by atoms with E-state index in [1.807, 2.05) is 4.90 Å². The van der Waals surface area contributed by atoms with Crippen LogP contribution in [-0.4, -0.2) is 60.0 Å². The van der Waals surface area contributed by atoms with Crippen molar-refractivity contribution in [2.75, 3.05) is 26.2 Å². The first-order valence-electron chi connectivity index (χ1n) is 7.98. The maximum Gasteiger partial charge on any atom is 0.322 e. The molecule has 2 heterocycles. The van der Waals surface area contributed by atoms with Crippen molar-refractivity contribution >= 4 is 17.8 Å². The molecule has 1 aromatic rings. The average molecular weight is 352 g/mol. The Morgan fingerprint density at radius 1 is 1.16 bits per heavy atom. The van der Waals surface area contributed by atoms with E-state index in [0.29, 0.717) is 26.2 Å². The third-order valence-corrected chi connectivity index (χ3v) is 4.39. The number of hydrogen-bond acceptors (Lipinski definition) is 4. The number of carbonyl (C=O) groups excluding carboxylic acids is 3. The normalized spacial score (nSPS) is 21.7. The minimum Gasteiger partial charge on any atom is -0.340 e. The second kappa shape index (κ2) is 7.14. The highest BCUT2D eigenvalue weighted by atomic mass is 19.1. The van der Waals surface area contributed by atoms with Crippen LogP contribution < -0.4 is 10.6 Å². The van der Waals surface area contributed by atoms with Gasteiger partial charge in [-0.05, 0) is 11.6 Å². The van der Waals surface area contributed by atoms with Crippen molar-refractivity contribution in [2.45, 2.75) is 19.0 Å². The van der Waals surface area contributed by atoms with Gasteiger partial charge in [0.2, 0.25) is 11.8 Å². The molecule has 3 rings (SSSR count). The van der Waals surface area contributed by atoms with E-state index in [1.165, 1.54) is 6.07 Å². The Morgan fingerprint density at radius 3 is 2.52 bits per heavy atom. The van der Waals surface area contributed by atoms with Gasteiger partial charge in [0.05, 0.1) is 19.0 Å². The molecule has 2 aliphatic rings. The predicted molar refractivity (Wildman–Crippen MR) is 83.3 cm³/mol. The van der Waals surface area contributed by atoms with Crippen LogP contribution in [0.1, 0.15) is 12.0 Å². The Labute approximate surface area is 143 Å². The molecule has 0 saturated carbocycles. The summed E-state index contributed by atoms with van der Waals surface area (Å²) in [4.78, 5) is 38.6. The lowest BCUT2D eigenvalue weighted by molar-refractivity contribution is -0.133. The molecule has 7 nitrogen and oxygen atoms in total. The quantitative estimate of drug-likeness (QED) is 0.815. The zero-order valence-corrected chi connectivity index (χ0v) is 13.4. The highest BCUT2D eigenvalue weighted by molar-refractivity contribution is 5.97. The molecular formula is C16H18F2N4O3. The molecule has 1 unspecified atom stereocenters. The van der Waals surface area contributed by atoms with Gasteiger partial charge in [0.25, 0.3) is 0 Å². The van der Waals surface area contributed by atoms with Crippen LogP contribution in [0.25, 0.3) is 0 Å². The summed E-state index contributed by atoms with van der Waals surface area (Å²) < 4.78 is 26.6. The van der Waals surface area contributed by atoms with E-state index in [4.69, 9.17) is 0 Å². The van der Waals surface area contributed by atoms with E-state index in [9.17, 15) is 23.2 Å². The molecule has 9 heteroatoms.